The molecule has 2 N–H and O–H groups in total. The van der Waals surface area contributed by atoms with Crippen molar-refractivity contribution in [3.63, 3.8) is 0 Å². The summed E-state index contributed by atoms with van der Waals surface area (Å²) in [6.07, 6.45) is 3.46. The van der Waals surface area contributed by atoms with Gasteiger partial charge in [0.1, 0.15) is 5.82 Å². The van der Waals surface area contributed by atoms with Crippen molar-refractivity contribution < 1.29 is 9.13 Å². The maximum absolute atomic E-state index is 13.2. The summed E-state index contributed by atoms with van der Waals surface area (Å²) in [7, 11) is 0. The van der Waals surface area contributed by atoms with Crippen LogP contribution in [0.4, 0.5) is 4.39 Å². The van der Waals surface area contributed by atoms with Crippen LogP contribution in [0.5, 0.6) is 0 Å². The zero-order valence-electron chi connectivity index (χ0n) is 15.8. The maximum Gasteiger partial charge on any atom is 0.191 e. The molecule has 0 unspecified atom stereocenters. The molecule has 1 aliphatic heterocycles. The minimum atomic E-state index is -0.176. The lowest BCUT2D eigenvalue weighted by Gasteiger charge is -2.41. The normalized spacial score (nSPS) is 20.5. The Kier molecular flexibility index (Phi) is 6.86. The molecule has 2 fully saturated rings. The Bertz CT molecular complexity index is 580. The number of aliphatic imine (C=N–C) groups is 1. The molecule has 0 bridgehead atoms. The van der Waals surface area contributed by atoms with E-state index in [-0.39, 0.29) is 11.2 Å². The van der Waals surface area contributed by atoms with Crippen LogP contribution in [0, 0.1) is 5.82 Å². The summed E-state index contributed by atoms with van der Waals surface area (Å²) in [6.45, 7) is 9.19. The molecule has 6 heteroatoms. The highest BCUT2D eigenvalue weighted by Gasteiger charge is 2.38. The van der Waals surface area contributed by atoms with Gasteiger partial charge in [0, 0.05) is 38.1 Å². The van der Waals surface area contributed by atoms with E-state index >= 15 is 0 Å². The third-order valence-electron chi connectivity index (χ3n) is 5.48. The molecule has 0 aromatic heterocycles. The minimum Gasteiger partial charge on any atom is -0.379 e. The van der Waals surface area contributed by atoms with Crippen LogP contribution < -0.4 is 10.6 Å². The highest BCUT2D eigenvalue weighted by Crippen LogP contribution is 2.44. The molecule has 1 saturated carbocycles. The summed E-state index contributed by atoms with van der Waals surface area (Å²) in [5, 5.41) is 6.78. The fourth-order valence-corrected chi connectivity index (χ4v) is 3.67. The number of benzene rings is 1. The Hall–Kier alpha value is -1.66. The highest BCUT2D eigenvalue weighted by molar-refractivity contribution is 5.79. The van der Waals surface area contributed by atoms with Crippen LogP contribution >= 0.6 is 0 Å². The number of hydrogen-bond acceptors (Lipinski definition) is 3. The smallest absolute Gasteiger partial charge is 0.191 e. The standard InChI is InChI=1S/C20H31FN4O/c1-2-22-19(23-10-11-25-12-14-26-15-13-25)24-16-20(8-3-9-20)17-4-6-18(21)7-5-17/h4-7H,2-3,8-16H2,1H3,(H2,22,23,24). The molecule has 26 heavy (non-hydrogen) atoms. The minimum absolute atomic E-state index is 0.0697. The second-order valence-corrected chi connectivity index (χ2v) is 7.22. The largest absolute Gasteiger partial charge is 0.379 e. The fourth-order valence-electron chi connectivity index (χ4n) is 3.67. The van der Waals surface area contributed by atoms with Gasteiger partial charge in [0.15, 0.2) is 5.96 Å². The molecule has 0 radical (unpaired) electrons. The second kappa shape index (κ2) is 9.33. The first-order valence-corrected chi connectivity index (χ1v) is 9.80. The monoisotopic (exact) mass is 362 g/mol. The molecule has 0 atom stereocenters. The lowest BCUT2D eigenvalue weighted by molar-refractivity contribution is 0.0389. The van der Waals surface area contributed by atoms with E-state index < -0.39 is 0 Å². The van der Waals surface area contributed by atoms with E-state index in [1.54, 1.807) is 12.1 Å². The molecular weight excluding hydrogens is 331 g/mol. The van der Waals surface area contributed by atoms with E-state index in [1.807, 2.05) is 12.1 Å². The van der Waals surface area contributed by atoms with Gasteiger partial charge in [-0.3, -0.25) is 9.89 Å². The fraction of sp³-hybridized carbons (Fsp3) is 0.650. The molecule has 1 aromatic rings. The first kappa shape index (κ1) is 19.1. The van der Waals surface area contributed by atoms with Gasteiger partial charge in [0.25, 0.3) is 0 Å². The van der Waals surface area contributed by atoms with Crippen molar-refractivity contribution >= 4 is 5.96 Å². The average molecular weight is 362 g/mol. The lowest BCUT2D eigenvalue weighted by atomic mass is 9.64. The molecule has 2 aliphatic rings. The van der Waals surface area contributed by atoms with Crippen molar-refractivity contribution in [2.24, 2.45) is 4.99 Å². The molecule has 3 rings (SSSR count). The molecule has 1 aromatic carbocycles. The Morgan fingerprint density at radius 2 is 1.92 bits per heavy atom. The van der Waals surface area contributed by atoms with E-state index in [0.29, 0.717) is 0 Å². The Morgan fingerprint density at radius 1 is 1.19 bits per heavy atom. The van der Waals surface area contributed by atoms with Crippen LogP contribution in [0.2, 0.25) is 0 Å². The Labute approximate surface area is 156 Å². The topological polar surface area (TPSA) is 48.9 Å². The van der Waals surface area contributed by atoms with Gasteiger partial charge >= 0.3 is 0 Å². The SMILES string of the molecule is CCNC(=NCC1(c2ccc(F)cc2)CCC1)NCCN1CCOCC1. The van der Waals surface area contributed by atoms with Crippen molar-refractivity contribution in [2.75, 3.05) is 52.5 Å². The zero-order valence-corrected chi connectivity index (χ0v) is 15.8. The number of ether oxygens (including phenoxy) is 1. The van der Waals surface area contributed by atoms with Crippen molar-refractivity contribution in [3.8, 4) is 0 Å². The highest BCUT2D eigenvalue weighted by atomic mass is 19.1. The number of morpholine rings is 1. The Balaban J connectivity index is 1.55. The molecule has 0 spiro atoms. The molecule has 0 amide bonds. The molecule has 1 aliphatic carbocycles. The van der Waals surface area contributed by atoms with Gasteiger partial charge < -0.3 is 15.4 Å². The van der Waals surface area contributed by atoms with Crippen LogP contribution in [0.3, 0.4) is 0 Å². The summed E-state index contributed by atoms with van der Waals surface area (Å²) in [5.74, 6) is 0.694. The second-order valence-electron chi connectivity index (χ2n) is 7.22. The van der Waals surface area contributed by atoms with Gasteiger partial charge in [-0.05, 0) is 37.5 Å². The van der Waals surface area contributed by atoms with Crippen LogP contribution in [-0.2, 0) is 10.2 Å². The quantitative estimate of drug-likeness (QED) is 0.576. The van der Waals surface area contributed by atoms with Crippen molar-refractivity contribution in [2.45, 2.75) is 31.6 Å². The van der Waals surface area contributed by atoms with Crippen LogP contribution in [0.1, 0.15) is 31.7 Å². The van der Waals surface area contributed by atoms with Gasteiger partial charge in [0.2, 0.25) is 0 Å². The lowest BCUT2D eigenvalue weighted by Crippen LogP contribution is -2.45. The van der Waals surface area contributed by atoms with Gasteiger partial charge in [-0.2, -0.15) is 0 Å². The van der Waals surface area contributed by atoms with E-state index in [0.717, 1.165) is 71.3 Å². The van der Waals surface area contributed by atoms with E-state index in [4.69, 9.17) is 9.73 Å². The summed E-state index contributed by atoms with van der Waals surface area (Å²) in [4.78, 5) is 7.26. The predicted molar refractivity (Wildman–Crippen MR) is 103 cm³/mol. The summed E-state index contributed by atoms with van der Waals surface area (Å²) in [6, 6.07) is 6.96. The van der Waals surface area contributed by atoms with Crippen LogP contribution in [-0.4, -0.2) is 63.3 Å². The van der Waals surface area contributed by atoms with E-state index in [1.165, 1.54) is 12.0 Å². The first-order chi connectivity index (χ1) is 12.7. The molecule has 5 nitrogen and oxygen atoms in total. The van der Waals surface area contributed by atoms with Crippen LogP contribution in [0.15, 0.2) is 29.3 Å². The number of nitrogens with zero attached hydrogens (tertiary/aromatic N) is 2. The predicted octanol–water partition coefficient (Wildman–Crippen LogP) is 2.13. The molecule has 1 saturated heterocycles. The van der Waals surface area contributed by atoms with Gasteiger partial charge in [-0.25, -0.2) is 4.39 Å². The maximum atomic E-state index is 13.2. The van der Waals surface area contributed by atoms with Gasteiger partial charge in [0.05, 0.1) is 19.8 Å². The number of nitrogens with one attached hydrogen (secondary N) is 2. The van der Waals surface area contributed by atoms with Crippen LogP contribution in [0.25, 0.3) is 0 Å². The van der Waals surface area contributed by atoms with Crippen molar-refractivity contribution in [3.05, 3.63) is 35.6 Å². The third kappa shape index (κ3) is 4.95. The Morgan fingerprint density at radius 3 is 2.54 bits per heavy atom. The van der Waals surface area contributed by atoms with Crippen molar-refractivity contribution in [1.82, 2.24) is 15.5 Å². The first-order valence-electron chi connectivity index (χ1n) is 9.80. The van der Waals surface area contributed by atoms with Gasteiger partial charge in [-0.1, -0.05) is 18.6 Å². The average Bonchev–Trinajstić information content (AvgIpc) is 2.63. The summed E-state index contributed by atoms with van der Waals surface area (Å²) < 4.78 is 18.6. The van der Waals surface area contributed by atoms with E-state index in [2.05, 4.69) is 22.5 Å². The number of halogens is 1. The zero-order chi connectivity index (χ0) is 18.2. The third-order valence-corrected chi connectivity index (χ3v) is 5.48. The number of guanidine groups is 1. The van der Waals surface area contributed by atoms with Gasteiger partial charge in [-0.15, -0.1) is 0 Å². The van der Waals surface area contributed by atoms with Crippen molar-refractivity contribution in [1.29, 1.82) is 0 Å². The van der Waals surface area contributed by atoms with E-state index in [9.17, 15) is 4.39 Å². The number of rotatable bonds is 7. The molecule has 1 heterocycles. The molecular formula is C20H31FN4O. The number of hydrogen-bond donors (Lipinski definition) is 2. The summed E-state index contributed by atoms with van der Waals surface area (Å²) >= 11 is 0. The summed E-state index contributed by atoms with van der Waals surface area (Å²) in [5.41, 5.74) is 1.28. The molecule has 144 valence electrons.